The smallest absolute Gasteiger partial charge is 0.477 e. The number of ether oxygens (including phenoxy) is 7. The van der Waals surface area contributed by atoms with E-state index in [2.05, 4.69) is 4.90 Å². The van der Waals surface area contributed by atoms with Crippen molar-refractivity contribution in [3.63, 3.8) is 0 Å². The molecule has 1 aromatic carbocycles. The molecule has 1 aromatic rings. The maximum atomic E-state index is 13.3. The second kappa shape index (κ2) is 14.7. The number of hydrogen-bond donors (Lipinski definition) is 1. The SMILES string of the molecule is CCCCOC(=O)[C@H](CC(=O)OC(C)(C)C)OC(=O)CCC(=O)OC1=CC[C@@]2(O)[C@H]3Cc4ccc(OC(=O)OC(C)(C)C)c5c4[C@@]2(CCN3C)[C@H]1O5. The number of benzene rings is 1. The normalized spacial score (nSPS) is 25.1. The highest BCUT2D eigenvalue weighted by Gasteiger charge is 2.72. The zero-order chi connectivity index (χ0) is 38.2. The van der Waals surface area contributed by atoms with Crippen molar-refractivity contribution in [1.82, 2.24) is 4.90 Å². The number of likely N-dealkylation sites (tertiary alicyclic amines) is 1. The number of rotatable bonds is 12. The van der Waals surface area contributed by atoms with E-state index in [1.165, 1.54) is 0 Å². The summed E-state index contributed by atoms with van der Waals surface area (Å²) in [6.45, 7) is 12.8. The summed E-state index contributed by atoms with van der Waals surface area (Å²) < 4.78 is 39.2. The third-order valence-electron chi connectivity index (χ3n) is 9.74. The fraction of sp³-hybridized carbons (Fsp3) is 0.658. The summed E-state index contributed by atoms with van der Waals surface area (Å²) in [4.78, 5) is 66.2. The largest absolute Gasteiger partial charge is 0.514 e. The number of carbonyl (C=O) groups is 5. The third kappa shape index (κ3) is 7.92. The fourth-order valence-electron chi connectivity index (χ4n) is 7.59. The number of nitrogens with zero attached hydrogens (tertiary/aromatic N) is 1. The van der Waals surface area contributed by atoms with Crippen molar-refractivity contribution in [1.29, 1.82) is 0 Å². The van der Waals surface area contributed by atoms with E-state index in [4.69, 9.17) is 33.2 Å². The Balaban J connectivity index is 1.31. The maximum absolute atomic E-state index is 13.3. The monoisotopic (exact) mass is 729 g/mol. The van der Waals surface area contributed by atoms with Crippen LogP contribution in [-0.2, 0) is 54.7 Å². The van der Waals surface area contributed by atoms with E-state index in [9.17, 15) is 29.1 Å². The average Bonchev–Trinajstić information content (AvgIpc) is 3.38. The van der Waals surface area contributed by atoms with Crippen molar-refractivity contribution < 1.29 is 62.2 Å². The lowest BCUT2D eigenvalue weighted by molar-refractivity contribution is -0.175. The molecule has 0 aromatic heterocycles. The molecule has 286 valence electrons. The summed E-state index contributed by atoms with van der Waals surface area (Å²) in [6.07, 6.45) is -0.665. The molecule has 4 aliphatic rings. The van der Waals surface area contributed by atoms with Crippen LogP contribution in [0.1, 0.15) is 105 Å². The Bertz CT molecular complexity index is 1620. The summed E-state index contributed by atoms with van der Waals surface area (Å²) in [5, 5.41) is 12.5. The second-order valence-corrected chi connectivity index (χ2v) is 15.9. The maximum Gasteiger partial charge on any atom is 0.514 e. The van der Waals surface area contributed by atoms with Gasteiger partial charge in [-0.25, -0.2) is 9.59 Å². The molecule has 2 bridgehead atoms. The Labute approximate surface area is 304 Å². The summed E-state index contributed by atoms with van der Waals surface area (Å²) >= 11 is 0. The lowest BCUT2D eigenvalue weighted by atomic mass is 9.50. The molecule has 1 spiro atoms. The zero-order valence-electron chi connectivity index (χ0n) is 31.3. The van der Waals surface area contributed by atoms with Crippen LogP contribution in [0.2, 0.25) is 0 Å². The van der Waals surface area contributed by atoms with E-state index in [1.54, 1.807) is 53.7 Å². The Kier molecular flexibility index (Phi) is 11.0. The Hall–Kier alpha value is -4.17. The van der Waals surface area contributed by atoms with Gasteiger partial charge in [-0.1, -0.05) is 19.4 Å². The molecule has 1 N–H and O–H groups in total. The van der Waals surface area contributed by atoms with Crippen LogP contribution in [0.25, 0.3) is 0 Å². The van der Waals surface area contributed by atoms with Crippen LogP contribution >= 0.6 is 0 Å². The van der Waals surface area contributed by atoms with Crippen molar-refractivity contribution in [3.8, 4) is 11.5 Å². The van der Waals surface area contributed by atoms with Gasteiger partial charge in [0.05, 0.1) is 36.9 Å². The number of hydrogen-bond acceptors (Lipinski definition) is 14. The van der Waals surface area contributed by atoms with Crippen LogP contribution in [0.5, 0.6) is 11.5 Å². The van der Waals surface area contributed by atoms with Crippen LogP contribution in [0.3, 0.4) is 0 Å². The van der Waals surface area contributed by atoms with Gasteiger partial charge >= 0.3 is 30.0 Å². The van der Waals surface area contributed by atoms with Crippen molar-refractivity contribution in [2.45, 2.75) is 140 Å². The Morgan fingerprint density at radius 2 is 1.67 bits per heavy atom. The topological polar surface area (TPSA) is 173 Å². The van der Waals surface area contributed by atoms with Crippen molar-refractivity contribution in [2.75, 3.05) is 20.2 Å². The van der Waals surface area contributed by atoms with Gasteiger partial charge in [-0.15, -0.1) is 0 Å². The summed E-state index contributed by atoms with van der Waals surface area (Å²) in [6, 6.07) is 3.25. The van der Waals surface area contributed by atoms with Gasteiger partial charge in [0.2, 0.25) is 6.10 Å². The number of likely N-dealkylation sites (N-methyl/N-ethyl adjacent to an activating group) is 1. The predicted molar refractivity (Wildman–Crippen MR) is 183 cm³/mol. The minimum Gasteiger partial charge on any atom is -0.477 e. The molecule has 5 rings (SSSR count). The van der Waals surface area contributed by atoms with E-state index in [0.29, 0.717) is 25.8 Å². The zero-order valence-corrected chi connectivity index (χ0v) is 31.3. The van der Waals surface area contributed by atoms with Crippen molar-refractivity contribution >= 4 is 30.0 Å². The molecule has 0 saturated carbocycles. The van der Waals surface area contributed by atoms with E-state index in [0.717, 1.165) is 17.5 Å². The molecule has 0 amide bonds. The van der Waals surface area contributed by atoms with Crippen LogP contribution in [0.15, 0.2) is 24.0 Å². The number of piperidine rings is 1. The first-order valence-electron chi connectivity index (χ1n) is 17.9. The highest BCUT2D eigenvalue weighted by atomic mass is 16.7. The quantitative estimate of drug-likeness (QED) is 0.137. The first kappa shape index (κ1) is 39.0. The predicted octanol–water partition coefficient (Wildman–Crippen LogP) is 4.59. The van der Waals surface area contributed by atoms with Gasteiger partial charge in [0.15, 0.2) is 17.6 Å². The number of unbranched alkanes of at least 4 members (excludes halogenated alkanes) is 1. The lowest BCUT2D eigenvalue weighted by Crippen LogP contribution is -2.74. The van der Waals surface area contributed by atoms with Crippen molar-refractivity contribution in [2.24, 2.45) is 0 Å². The first-order chi connectivity index (χ1) is 24.3. The highest BCUT2D eigenvalue weighted by Crippen LogP contribution is 2.65. The number of esters is 4. The molecule has 2 heterocycles. The minimum absolute atomic E-state index is 0.0933. The molecular formula is C38H51NO13. The molecule has 2 aliphatic carbocycles. The van der Waals surface area contributed by atoms with Gasteiger partial charge in [-0.2, -0.15) is 0 Å². The summed E-state index contributed by atoms with van der Waals surface area (Å²) in [5.41, 5.74) is -2.28. The van der Waals surface area contributed by atoms with Gasteiger partial charge in [0, 0.05) is 18.0 Å². The van der Waals surface area contributed by atoms with Gasteiger partial charge < -0.3 is 43.2 Å². The lowest BCUT2D eigenvalue weighted by Gasteiger charge is -2.61. The molecule has 14 nitrogen and oxygen atoms in total. The van der Waals surface area contributed by atoms with Crippen LogP contribution in [-0.4, -0.2) is 95.3 Å². The molecule has 14 heteroatoms. The molecule has 0 radical (unpaired) electrons. The molecule has 2 aliphatic heterocycles. The third-order valence-corrected chi connectivity index (χ3v) is 9.74. The summed E-state index contributed by atoms with van der Waals surface area (Å²) in [7, 11) is 1.97. The van der Waals surface area contributed by atoms with Gasteiger partial charge in [-0.3, -0.25) is 14.4 Å². The standard InChI is InChI=1S/C38H51NO13/c1-9-10-19-46-33(43)25(21-29(42)51-35(2,3)4)48-28(41)14-13-27(40)47-24-15-16-38(45)26-20-22-11-12-23(49-34(44)52-36(5,6)7)31-30(22)37(38,32(24)50-31)17-18-39(26)8/h11-12,15,25-26,32,45H,9-10,13-14,16-21H2,1-8H3/t25-,26+,32-,37-,38+/m0/s1. The highest BCUT2D eigenvalue weighted by molar-refractivity contribution is 5.85. The van der Waals surface area contributed by atoms with Crippen molar-refractivity contribution in [3.05, 3.63) is 35.1 Å². The number of aliphatic hydroxyl groups is 1. The average molecular weight is 730 g/mol. The Morgan fingerprint density at radius 3 is 2.35 bits per heavy atom. The molecule has 1 saturated heterocycles. The van der Waals surface area contributed by atoms with E-state index < -0.39 is 83.7 Å². The molecule has 52 heavy (non-hydrogen) atoms. The molecule has 5 atom stereocenters. The number of carbonyl (C=O) groups excluding carboxylic acids is 5. The van der Waals surface area contributed by atoms with Gasteiger partial charge in [0.1, 0.15) is 17.0 Å². The van der Waals surface area contributed by atoms with Gasteiger partial charge in [0.25, 0.3) is 0 Å². The van der Waals surface area contributed by atoms with Crippen LogP contribution in [0, 0.1) is 0 Å². The van der Waals surface area contributed by atoms with Crippen LogP contribution < -0.4 is 9.47 Å². The fourth-order valence-corrected chi connectivity index (χ4v) is 7.59. The Morgan fingerprint density at radius 1 is 0.981 bits per heavy atom. The minimum atomic E-state index is -1.55. The first-order valence-corrected chi connectivity index (χ1v) is 17.9. The van der Waals surface area contributed by atoms with E-state index in [-0.39, 0.29) is 36.3 Å². The molecule has 1 fully saturated rings. The second-order valence-electron chi connectivity index (χ2n) is 15.9. The van der Waals surface area contributed by atoms with Gasteiger partial charge in [-0.05, 0) is 92.1 Å². The summed E-state index contributed by atoms with van der Waals surface area (Å²) in [5.74, 6) is -2.74. The van der Waals surface area contributed by atoms with Crippen LogP contribution in [0.4, 0.5) is 4.79 Å². The van der Waals surface area contributed by atoms with E-state index in [1.807, 2.05) is 20.0 Å². The molecular weight excluding hydrogens is 678 g/mol. The van der Waals surface area contributed by atoms with E-state index >= 15 is 0 Å². The molecule has 0 unspecified atom stereocenters.